The molecular weight excluding hydrogens is 799 g/mol. The molecule has 0 radical (unpaired) electrons. The summed E-state index contributed by atoms with van der Waals surface area (Å²) in [4.78, 5) is 2.48. The van der Waals surface area contributed by atoms with Gasteiger partial charge in [-0.05, 0) is 126 Å². The first kappa shape index (κ1) is 38.3. The Labute approximate surface area is 385 Å². The van der Waals surface area contributed by atoms with Crippen molar-refractivity contribution in [3.05, 3.63) is 270 Å². The van der Waals surface area contributed by atoms with Crippen molar-refractivity contribution >= 4 is 39.0 Å². The van der Waals surface area contributed by atoms with Crippen molar-refractivity contribution in [2.75, 3.05) is 4.90 Å². The van der Waals surface area contributed by atoms with E-state index in [-0.39, 0.29) is 5.41 Å². The predicted octanol–water partition coefficient (Wildman–Crippen LogP) is 17.1. The van der Waals surface area contributed by atoms with E-state index in [1.54, 1.807) is 0 Å². The molecule has 2 aliphatic rings. The van der Waals surface area contributed by atoms with E-state index >= 15 is 0 Å². The summed E-state index contributed by atoms with van der Waals surface area (Å²) < 4.78 is 6.73. The predicted molar refractivity (Wildman–Crippen MR) is 274 cm³/mol. The Balaban J connectivity index is 1.07. The lowest BCUT2D eigenvalue weighted by molar-refractivity contribution is 0.660. The van der Waals surface area contributed by atoms with Crippen LogP contribution in [0.4, 0.5) is 17.1 Å². The van der Waals surface area contributed by atoms with Crippen molar-refractivity contribution in [2.24, 2.45) is 0 Å². The van der Waals surface area contributed by atoms with Crippen LogP contribution in [0.3, 0.4) is 0 Å². The molecule has 0 saturated heterocycles. The third-order valence-corrected chi connectivity index (χ3v) is 14.6. The Morgan fingerprint density at radius 2 is 0.894 bits per heavy atom. The Hall–Kier alpha value is -8.20. The highest BCUT2D eigenvalue weighted by Crippen LogP contribution is 2.57. The van der Waals surface area contributed by atoms with Crippen molar-refractivity contribution in [2.45, 2.75) is 24.7 Å². The maximum atomic E-state index is 6.73. The van der Waals surface area contributed by atoms with Gasteiger partial charge in [-0.2, -0.15) is 0 Å². The molecule has 0 amide bonds. The minimum Gasteiger partial charge on any atom is -0.456 e. The second-order valence-corrected chi connectivity index (χ2v) is 18.4. The van der Waals surface area contributed by atoms with Crippen LogP contribution in [-0.4, -0.2) is 0 Å². The largest absolute Gasteiger partial charge is 0.456 e. The highest BCUT2D eigenvalue weighted by atomic mass is 16.3. The molecule has 11 aromatic rings. The smallest absolute Gasteiger partial charge is 0.137 e. The van der Waals surface area contributed by atoms with Crippen molar-refractivity contribution in [1.82, 2.24) is 0 Å². The van der Waals surface area contributed by atoms with Gasteiger partial charge in [0.1, 0.15) is 11.2 Å². The van der Waals surface area contributed by atoms with E-state index in [4.69, 9.17) is 4.42 Å². The molecule has 13 rings (SSSR count). The highest BCUT2D eigenvalue weighted by molar-refractivity contribution is 6.14. The number of furan rings is 1. The zero-order chi connectivity index (χ0) is 44.0. The molecule has 0 bridgehead atoms. The molecule has 1 heterocycles. The summed E-state index contributed by atoms with van der Waals surface area (Å²) in [6.45, 7) is 4.73. The summed E-state index contributed by atoms with van der Waals surface area (Å²) in [6.07, 6.45) is 0. The number of hydrogen-bond donors (Lipinski definition) is 0. The fraction of sp³-hybridized carbons (Fsp3) is 0.0625. The first-order valence-electron chi connectivity index (χ1n) is 23.0. The van der Waals surface area contributed by atoms with Crippen LogP contribution < -0.4 is 4.90 Å². The topological polar surface area (TPSA) is 16.4 Å². The molecule has 0 saturated carbocycles. The molecule has 2 heteroatoms. The highest BCUT2D eigenvalue weighted by Gasteiger charge is 2.46. The molecule has 0 atom stereocenters. The van der Waals surface area contributed by atoms with Crippen LogP contribution in [0.1, 0.15) is 47.2 Å². The fourth-order valence-electron chi connectivity index (χ4n) is 11.5. The average Bonchev–Trinajstić information content (AvgIpc) is 3.98. The van der Waals surface area contributed by atoms with E-state index in [0.29, 0.717) is 0 Å². The Bertz CT molecular complexity index is 3630. The number of hydrogen-bond acceptors (Lipinski definition) is 2. The zero-order valence-corrected chi connectivity index (χ0v) is 36.9. The number of benzene rings is 10. The van der Waals surface area contributed by atoms with Crippen LogP contribution in [0.5, 0.6) is 0 Å². The van der Waals surface area contributed by atoms with E-state index in [0.717, 1.165) is 44.6 Å². The third kappa shape index (κ3) is 5.61. The fourth-order valence-corrected chi connectivity index (χ4v) is 11.5. The van der Waals surface area contributed by atoms with Gasteiger partial charge in [0, 0.05) is 22.2 Å². The molecule has 10 aromatic carbocycles. The van der Waals surface area contributed by atoms with Crippen LogP contribution >= 0.6 is 0 Å². The molecule has 0 unspecified atom stereocenters. The molecule has 66 heavy (non-hydrogen) atoms. The van der Waals surface area contributed by atoms with Crippen molar-refractivity contribution in [3.63, 3.8) is 0 Å². The molecule has 0 aliphatic heterocycles. The van der Waals surface area contributed by atoms with Gasteiger partial charge >= 0.3 is 0 Å². The zero-order valence-electron chi connectivity index (χ0n) is 36.9. The number of fused-ring (bicyclic) bond motifs is 9. The molecule has 0 fully saturated rings. The lowest BCUT2D eigenvalue weighted by Crippen LogP contribution is -2.29. The third-order valence-electron chi connectivity index (χ3n) is 14.6. The van der Waals surface area contributed by atoms with Gasteiger partial charge < -0.3 is 9.32 Å². The Kier molecular flexibility index (Phi) is 8.51. The molecule has 2 nitrogen and oxygen atoms in total. The van der Waals surface area contributed by atoms with E-state index < -0.39 is 5.41 Å². The van der Waals surface area contributed by atoms with Gasteiger partial charge in [-0.1, -0.05) is 202 Å². The Morgan fingerprint density at radius 3 is 1.59 bits per heavy atom. The number of nitrogens with zero attached hydrogens (tertiary/aromatic N) is 1. The first-order valence-corrected chi connectivity index (χ1v) is 23.0. The van der Waals surface area contributed by atoms with Crippen LogP contribution in [0.2, 0.25) is 0 Å². The van der Waals surface area contributed by atoms with Gasteiger partial charge in [0.2, 0.25) is 0 Å². The van der Waals surface area contributed by atoms with Crippen LogP contribution in [0, 0.1) is 0 Å². The van der Waals surface area contributed by atoms with Crippen molar-refractivity contribution in [3.8, 4) is 44.5 Å². The second kappa shape index (κ2) is 14.7. The van der Waals surface area contributed by atoms with Gasteiger partial charge in [0.15, 0.2) is 0 Å². The molecule has 0 spiro atoms. The van der Waals surface area contributed by atoms with Gasteiger partial charge in [0.05, 0.1) is 16.5 Å². The van der Waals surface area contributed by atoms with E-state index in [9.17, 15) is 0 Å². The molecule has 2 aliphatic carbocycles. The lowest BCUT2D eigenvalue weighted by Gasteiger charge is -2.35. The number of rotatable bonds is 7. The van der Waals surface area contributed by atoms with Crippen LogP contribution in [-0.2, 0) is 10.8 Å². The minimum atomic E-state index is -0.593. The van der Waals surface area contributed by atoms with Gasteiger partial charge in [0.25, 0.3) is 0 Å². The number of anilines is 3. The van der Waals surface area contributed by atoms with E-state index in [1.807, 2.05) is 0 Å². The SMILES string of the molecule is CC1(C)c2ccccc2-c2ccc(N(c3cccc(C4(c5ccc(-c6ccccc6)cc5)c5ccccc5-c5ccccc54)c3)c3cccc4oc5ccc(-c6ccccc6)cc5c34)cc21. The summed E-state index contributed by atoms with van der Waals surface area (Å²) in [6, 6.07) is 87.1. The summed E-state index contributed by atoms with van der Waals surface area (Å²) in [7, 11) is 0. The van der Waals surface area contributed by atoms with Crippen LogP contribution in [0.15, 0.2) is 241 Å². The summed E-state index contributed by atoms with van der Waals surface area (Å²) in [5.41, 5.74) is 21.8. The van der Waals surface area contributed by atoms with E-state index in [2.05, 4.69) is 255 Å². The lowest BCUT2D eigenvalue weighted by atomic mass is 9.67. The van der Waals surface area contributed by atoms with E-state index in [1.165, 1.54) is 72.3 Å². The van der Waals surface area contributed by atoms with Gasteiger partial charge in [-0.3, -0.25) is 0 Å². The molecule has 0 N–H and O–H groups in total. The first-order chi connectivity index (χ1) is 32.5. The minimum absolute atomic E-state index is 0.179. The van der Waals surface area contributed by atoms with Gasteiger partial charge in [-0.15, -0.1) is 0 Å². The monoisotopic (exact) mass is 843 g/mol. The summed E-state index contributed by atoms with van der Waals surface area (Å²) in [5.74, 6) is 0. The molecule has 312 valence electrons. The van der Waals surface area contributed by atoms with Crippen molar-refractivity contribution in [1.29, 1.82) is 0 Å². The molecular formula is C64H45NO. The standard InChI is InChI=1S/C64H45NO/c1-63(2)55-26-12-9-23-50(55)53-37-36-49(41-58(53)63)65(59-29-16-30-61-62(59)54-39-45(33-38-60(54)66-61)43-19-7-4-8-20-43)48-22-15-21-47(40-48)64(46-34-31-44(32-35-46)42-17-5-3-6-18-42)56-27-13-10-24-51(56)52-25-11-14-28-57(52)64/h3-41H,1-2H3. The quantitative estimate of drug-likeness (QED) is 0.159. The Morgan fingerprint density at radius 1 is 0.348 bits per heavy atom. The normalized spacial score (nSPS) is 13.8. The van der Waals surface area contributed by atoms with Crippen molar-refractivity contribution < 1.29 is 4.42 Å². The van der Waals surface area contributed by atoms with Crippen LogP contribution in [0.25, 0.3) is 66.4 Å². The second-order valence-electron chi connectivity index (χ2n) is 18.4. The maximum Gasteiger partial charge on any atom is 0.137 e. The summed E-state index contributed by atoms with van der Waals surface area (Å²) >= 11 is 0. The maximum absolute atomic E-state index is 6.73. The van der Waals surface area contributed by atoms with Gasteiger partial charge in [-0.25, -0.2) is 0 Å². The average molecular weight is 844 g/mol. The summed E-state index contributed by atoms with van der Waals surface area (Å²) in [5, 5.41) is 2.17. The molecule has 1 aromatic heterocycles.